The Morgan fingerprint density at radius 3 is 2.12 bits per heavy atom. The van der Waals surface area contributed by atoms with Gasteiger partial charge in [0.1, 0.15) is 0 Å². The van der Waals surface area contributed by atoms with Crippen molar-refractivity contribution in [2.24, 2.45) is 0 Å². The van der Waals surface area contributed by atoms with E-state index in [-0.39, 0.29) is 0 Å². The van der Waals surface area contributed by atoms with Gasteiger partial charge in [0.15, 0.2) is 0 Å². The number of thiophene rings is 1. The summed E-state index contributed by atoms with van der Waals surface area (Å²) in [7, 11) is 0. The molecular formula is C14H15BrS. The van der Waals surface area contributed by atoms with Crippen molar-refractivity contribution in [1.29, 1.82) is 0 Å². The first-order valence-corrected chi connectivity index (χ1v) is 7.25. The van der Waals surface area contributed by atoms with Gasteiger partial charge in [-0.25, -0.2) is 0 Å². The third kappa shape index (κ3) is 2.55. The average molecular weight is 295 g/mol. The molecule has 0 N–H and O–H groups in total. The Morgan fingerprint density at radius 2 is 1.62 bits per heavy atom. The van der Waals surface area contributed by atoms with Crippen LogP contribution >= 0.6 is 27.3 Å². The lowest BCUT2D eigenvalue weighted by Gasteiger charge is -2.10. The first kappa shape index (κ1) is 11.9. The van der Waals surface area contributed by atoms with Crippen LogP contribution in [0, 0.1) is 0 Å². The van der Waals surface area contributed by atoms with Gasteiger partial charge >= 0.3 is 0 Å². The summed E-state index contributed by atoms with van der Waals surface area (Å²) in [5, 5.41) is 2.12. The zero-order chi connectivity index (χ0) is 11.5. The number of halogens is 1. The van der Waals surface area contributed by atoms with Crippen molar-refractivity contribution in [3.05, 3.63) is 57.8 Å². The SMILES string of the molecule is CC(C)c1ccc(C(Br)c2cccs2)cc1. The summed E-state index contributed by atoms with van der Waals surface area (Å²) in [5.41, 5.74) is 2.72. The van der Waals surface area contributed by atoms with E-state index in [1.165, 1.54) is 16.0 Å². The van der Waals surface area contributed by atoms with E-state index in [1.54, 1.807) is 11.3 Å². The molecule has 0 spiro atoms. The fraction of sp³-hybridized carbons (Fsp3) is 0.286. The summed E-state index contributed by atoms with van der Waals surface area (Å²) in [6.45, 7) is 4.44. The molecule has 1 atom stereocenters. The van der Waals surface area contributed by atoms with E-state index in [0.29, 0.717) is 10.7 Å². The van der Waals surface area contributed by atoms with Crippen LogP contribution in [0.15, 0.2) is 41.8 Å². The molecule has 1 aromatic carbocycles. The standard InChI is InChI=1S/C14H15BrS/c1-10(2)11-5-7-12(8-6-11)14(15)13-4-3-9-16-13/h3-10,14H,1-2H3. The molecule has 1 aromatic heterocycles. The topological polar surface area (TPSA) is 0 Å². The largest absolute Gasteiger partial charge is 0.147 e. The van der Waals surface area contributed by atoms with Gasteiger partial charge < -0.3 is 0 Å². The van der Waals surface area contributed by atoms with E-state index in [2.05, 4.69) is 71.6 Å². The van der Waals surface area contributed by atoms with Gasteiger partial charge in [-0.1, -0.05) is 60.1 Å². The van der Waals surface area contributed by atoms with Gasteiger partial charge in [-0.3, -0.25) is 0 Å². The van der Waals surface area contributed by atoms with Crippen molar-refractivity contribution in [3.63, 3.8) is 0 Å². The van der Waals surface area contributed by atoms with Crippen LogP contribution in [-0.2, 0) is 0 Å². The highest BCUT2D eigenvalue weighted by Gasteiger charge is 2.11. The summed E-state index contributed by atoms with van der Waals surface area (Å²) in [6.07, 6.45) is 0. The van der Waals surface area contributed by atoms with Crippen LogP contribution in [0.3, 0.4) is 0 Å². The minimum atomic E-state index is 0.328. The van der Waals surface area contributed by atoms with E-state index in [9.17, 15) is 0 Å². The highest BCUT2D eigenvalue weighted by Crippen LogP contribution is 2.34. The summed E-state index contributed by atoms with van der Waals surface area (Å²) < 4.78 is 0. The van der Waals surface area contributed by atoms with E-state index in [0.717, 1.165) is 0 Å². The molecular weight excluding hydrogens is 280 g/mol. The number of hydrogen-bond acceptors (Lipinski definition) is 1. The Morgan fingerprint density at radius 1 is 1.00 bits per heavy atom. The highest BCUT2D eigenvalue weighted by molar-refractivity contribution is 9.09. The zero-order valence-electron chi connectivity index (χ0n) is 9.48. The molecule has 1 unspecified atom stereocenters. The predicted octanol–water partition coefficient (Wildman–Crippen LogP) is 5.36. The van der Waals surface area contributed by atoms with Crippen LogP contribution < -0.4 is 0 Å². The van der Waals surface area contributed by atoms with E-state index in [1.807, 2.05) is 0 Å². The number of benzene rings is 1. The zero-order valence-corrected chi connectivity index (χ0v) is 11.9. The van der Waals surface area contributed by atoms with E-state index in [4.69, 9.17) is 0 Å². The first-order valence-electron chi connectivity index (χ1n) is 5.46. The van der Waals surface area contributed by atoms with Crippen molar-refractivity contribution in [3.8, 4) is 0 Å². The second-order valence-corrected chi connectivity index (χ2v) is 6.09. The Hall–Kier alpha value is -0.600. The molecule has 0 aliphatic rings. The molecule has 0 amide bonds. The second-order valence-electron chi connectivity index (χ2n) is 4.20. The molecule has 0 saturated carbocycles. The van der Waals surface area contributed by atoms with Crippen LogP contribution in [0.4, 0.5) is 0 Å². The Kier molecular flexibility index (Phi) is 3.82. The third-order valence-electron chi connectivity index (χ3n) is 2.69. The summed E-state index contributed by atoms with van der Waals surface area (Å²) in [6, 6.07) is 13.1. The Labute approximate surface area is 109 Å². The van der Waals surface area contributed by atoms with Crippen LogP contribution in [0.1, 0.15) is 40.6 Å². The van der Waals surface area contributed by atoms with Crippen LogP contribution in [0.2, 0.25) is 0 Å². The van der Waals surface area contributed by atoms with Gasteiger partial charge in [0, 0.05) is 4.88 Å². The molecule has 0 nitrogen and oxygen atoms in total. The van der Waals surface area contributed by atoms with Crippen molar-refractivity contribution < 1.29 is 0 Å². The lowest BCUT2D eigenvalue weighted by molar-refractivity contribution is 0.865. The first-order chi connectivity index (χ1) is 7.68. The van der Waals surface area contributed by atoms with Crippen molar-refractivity contribution in [1.82, 2.24) is 0 Å². The smallest absolute Gasteiger partial charge is 0.0738 e. The molecule has 84 valence electrons. The quantitative estimate of drug-likeness (QED) is 0.669. The van der Waals surface area contributed by atoms with Crippen molar-refractivity contribution in [2.45, 2.75) is 24.6 Å². The highest BCUT2D eigenvalue weighted by atomic mass is 79.9. The fourth-order valence-electron chi connectivity index (χ4n) is 1.65. The van der Waals surface area contributed by atoms with Crippen LogP contribution in [0.5, 0.6) is 0 Å². The maximum Gasteiger partial charge on any atom is 0.0738 e. The van der Waals surface area contributed by atoms with Gasteiger partial charge in [0.2, 0.25) is 0 Å². The molecule has 0 bridgehead atoms. The number of hydrogen-bond donors (Lipinski definition) is 0. The Bertz CT molecular complexity index is 428. The van der Waals surface area contributed by atoms with Gasteiger partial charge in [-0.05, 0) is 28.5 Å². The summed E-state index contributed by atoms with van der Waals surface area (Å²) in [4.78, 5) is 1.69. The van der Waals surface area contributed by atoms with Crippen molar-refractivity contribution in [2.75, 3.05) is 0 Å². The second kappa shape index (κ2) is 5.15. The molecule has 2 aromatic rings. The summed E-state index contributed by atoms with van der Waals surface area (Å²) >= 11 is 5.53. The number of alkyl halides is 1. The molecule has 2 rings (SSSR count). The number of rotatable bonds is 3. The maximum atomic E-state index is 3.75. The van der Waals surface area contributed by atoms with Gasteiger partial charge in [-0.2, -0.15) is 0 Å². The lowest BCUT2D eigenvalue weighted by Crippen LogP contribution is -1.92. The maximum absolute atomic E-state index is 3.75. The van der Waals surface area contributed by atoms with E-state index >= 15 is 0 Å². The van der Waals surface area contributed by atoms with Crippen LogP contribution in [-0.4, -0.2) is 0 Å². The van der Waals surface area contributed by atoms with Gasteiger partial charge in [0.05, 0.1) is 4.83 Å². The lowest BCUT2D eigenvalue weighted by atomic mass is 10.0. The molecule has 16 heavy (non-hydrogen) atoms. The average Bonchev–Trinajstić information content (AvgIpc) is 2.81. The molecule has 0 saturated heterocycles. The van der Waals surface area contributed by atoms with Crippen molar-refractivity contribution >= 4 is 27.3 Å². The van der Waals surface area contributed by atoms with Crippen LogP contribution in [0.25, 0.3) is 0 Å². The monoisotopic (exact) mass is 294 g/mol. The van der Waals surface area contributed by atoms with Gasteiger partial charge in [-0.15, -0.1) is 11.3 Å². The molecule has 0 aliphatic heterocycles. The molecule has 0 aliphatic carbocycles. The van der Waals surface area contributed by atoms with E-state index < -0.39 is 0 Å². The Balaban J connectivity index is 2.22. The molecule has 1 heterocycles. The minimum Gasteiger partial charge on any atom is -0.147 e. The molecule has 2 heteroatoms. The normalized spacial score (nSPS) is 13.0. The molecule has 0 fully saturated rings. The molecule has 0 radical (unpaired) electrons. The minimum absolute atomic E-state index is 0.328. The predicted molar refractivity (Wildman–Crippen MR) is 75.6 cm³/mol. The summed E-state index contributed by atoms with van der Waals surface area (Å²) in [5.74, 6) is 0.601. The fourth-order valence-corrected chi connectivity index (χ4v) is 3.16. The van der Waals surface area contributed by atoms with Gasteiger partial charge in [0.25, 0.3) is 0 Å². The third-order valence-corrected chi connectivity index (χ3v) is 4.95.